The van der Waals surface area contributed by atoms with Crippen LogP contribution in [0.25, 0.3) is 60.9 Å². The maximum Gasteiger partial charge on any atom is 0.198 e. The molecule has 4 heteroatoms. The van der Waals surface area contributed by atoms with Gasteiger partial charge in [-0.2, -0.15) is 0 Å². The normalized spacial score (nSPS) is 12.0. The molecule has 56 heavy (non-hydrogen) atoms. The highest BCUT2D eigenvalue weighted by molar-refractivity contribution is 6.73. The summed E-state index contributed by atoms with van der Waals surface area (Å²) in [5.74, 6) is 0.892. The summed E-state index contributed by atoms with van der Waals surface area (Å²) in [5, 5.41) is 7.48. The van der Waals surface area contributed by atoms with Gasteiger partial charge < -0.3 is 14.3 Å². The Labute approximate surface area is 326 Å². The Kier molecular flexibility index (Phi) is 7.56. The summed E-state index contributed by atoms with van der Waals surface area (Å²) in [5.41, 5.74) is 17.9. The molecule has 0 radical (unpaired) electrons. The van der Waals surface area contributed by atoms with Crippen LogP contribution in [-0.4, -0.2) is 11.8 Å². The second kappa shape index (κ2) is 13.1. The predicted molar refractivity (Wildman–Crippen MR) is 236 cm³/mol. The average Bonchev–Trinajstić information content (AvgIpc) is 3.83. The molecule has 3 nitrogen and oxygen atoms in total. The lowest BCUT2D eigenvalue weighted by molar-refractivity contribution is 0.632. The number of hydrogen-bond donors (Lipinski definition) is 1. The van der Waals surface area contributed by atoms with Gasteiger partial charge in [-0.05, 0) is 83.2 Å². The number of aryl methyl sites for hydroxylation is 1. The van der Waals surface area contributed by atoms with Crippen LogP contribution in [0.3, 0.4) is 0 Å². The van der Waals surface area contributed by atoms with E-state index in [1.165, 1.54) is 71.8 Å². The monoisotopic (exact) mass is 716 g/mol. The maximum absolute atomic E-state index is 6.59. The number of benzene rings is 8. The largest absolute Gasteiger partial charge is 0.456 e. The van der Waals surface area contributed by atoms with Gasteiger partial charge >= 0.3 is 0 Å². The lowest BCUT2D eigenvalue weighted by Crippen LogP contribution is -2.37. The molecular formula is C52H37BN2O. The fourth-order valence-corrected chi connectivity index (χ4v) is 9.02. The molecule has 1 aliphatic rings. The molecule has 0 amide bonds. The Morgan fingerprint density at radius 1 is 0.607 bits per heavy atom. The van der Waals surface area contributed by atoms with Crippen molar-refractivity contribution < 1.29 is 4.42 Å². The molecule has 0 bridgehead atoms. The van der Waals surface area contributed by atoms with Crippen molar-refractivity contribution in [1.29, 1.82) is 0 Å². The van der Waals surface area contributed by atoms with Crippen LogP contribution >= 0.6 is 0 Å². The average molecular weight is 717 g/mol. The third-order valence-electron chi connectivity index (χ3n) is 11.6. The molecule has 11 rings (SSSR count). The molecule has 0 saturated heterocycles. The van der Waals surface area contributed by atoms with Gasteiger partial charge in [-0.15, -0.1) is 0 Å². The van der Waals surface area contributed by atoms with Crippen LogP contribution in [0.4, 0.5) is 11.4 Å². The van der Waals surface area contributed by atoms with Crippen molar-refractivity contribution in [3.05, 3.63) is 210 Å². The lowest BCUT2D eigenvalue weighted by Gasteiger charge is -2.27. The minimum Gasteiger partial charge on any atom is -0.456 e. The van der Waals surface area contributed by atoms with E-state index in [9.17, 15) is 0 Å². The van der Waals surface area contributed by atoms with E-state index in [1.54, 1.807) is 0 Å². The zero-order valence-corrected chi connectivity index (χ0v) is 31.0. The number of furan rings is 1. The van der Waals surface area contributed by atoms with E-state index in [0.29, 0.717) is 0 Å². The van der Waals surface area contributed by atoms with Crippen molar-refractivity contribution in [2.24, 2.45) is 0 Å². The van der Waals surface area contributed by atoms with Gasteiger partial charge in [-0.1, -0.05) is 151 Å². The van der Waals surface area contributed by atoms with E-state index in [1.807, 2.05) is 6.07 Å². The van der Waals surface area contributed by atoms with Crippen LogP contribution in [0.2, 0.25) is 0 Å². The van der Waals surface area contributed by atoms with Gasteiger partial charge in [0.2, 0.25) is 0 Å². The number of nitrogens with zero attached hydrogens (tertiary/aromatic N) is 1. The second-order valence-corrected chi connectivity index (χ2v) is 15.0. The number of hydrogen-bond acceptors (Lipinski definition) is 2. The van der Waals surface area contributed by atoms with Gasteiger partial charge in [0.1, 0.15) is 11.3 Å². The van der Waals surface area contributed by atoms with Crippen LogP contribution in [-0.2, 0) is 0 Å². The van der Waals surface area contributed by atoms with Gasteiger partial charge in [0.25, 0.3) is 0 Å². The van der Waals surface area contributed by atoms with Crippen molar-refractivity contribution >= 4 is 62.4 Å². The van der Waals surface area contributed by atoms with Crippen LogP contribution in [0.1, 0.15) is 28.2 Å². The molecule has 264 valence electrons. The first-order chi connectivity index (χ1) is 27.7. The molecule has 0 unspecified atom stereocenters. The number of anilines is 2. The molecule has 0 fully saturated rings. The Hall–Kier alpha value is -7.04. The lowest BCUT2D eigenvalue weighted by atomic mass is 9.58. The molecule has 0 spiro atoms. The van der Waals surface area contributed by atoms with Crippen molar-refractivity contribution in [3.63, 3.8) is 0 Å². The summed E-state index contributed by atoms with van der Waals surface area (Å²) in [6, 6.07) is 68.2. The number of fused-ring (bicyclic) bond motifs is 6. The molecule has 0 atom stereocenters. The van der Waals surface area contributed by atoms with Gasteiger partial charge in [0.15, 0.2) is 7.28 Å². The van der Waals surface area contributed by atoms with Crippen LogP contribution in [0.5, 0.6) is 0 Å². The van der Waals surface area contributed by atoms with Crippen molar-refractivity contribution in [2.75, 3.05) is 5.32 Å². The van der Waals surface area contributed by atoms with Crippen molar-refractivity contribution in [1.82, 2.24) is 4.57 Å². The van der Waals surface area contributed by atoms with Crippen molar-refractivity contribution in [2.45, 2.75) is 12.8 Å². The molecule has 0 aliphatic carbocycles. The first-order valence-electron chi connectivity index (χ1n) is 19.4. The summed E-state index contributed by atoms with van der Waals surface area (Å²) < 4.78 is 9.13. The topological polar surface area (TPSA) is 30.1 Å². The van der Waals surface area contributed by atoms with Gasteiger partial charge in [-0.3, -0.25) is 0 Å². The molecule has 0 saturated carbocycles. The maximum atomic E-state index is 6.59. The van der Waals surface area contributed by atoms with Gasteiger partial charge in [0.05, 0.1) is 5.52 Å². The standard InChI is InChI=1S/C52H37BN2O/c1-33-25-27-38(28-26-33)54-44-23-13-11-21-39(44)41-31-42(49(35-17-7-3-8-18-35)36-19-9-4-10-20-36)50-40-22-12-14-24-45(40)55-46-29-37-30-47(34-15-5-2-6-16-34)56-48(37)32-43(46)53-51(41)52(50)55/h2-32,49,53-54H,1H3. The highest BCUT2D eigenvalue weighted by Crippen LogP contribution is 2.45. The minimum atomic E-state index is 0.00728. The number of para-hydroxylation sites is 2. The van der Waals surface area contributed by atoms with E-state index in [4.69, 9.17) is 4.42 Å². The molecular weight excluding hydrogens is 679 g/mol. The van der Waals surface area contributed by atoms with Crippen LogP contribution < -0.4 is 16.2 Å². The first-order valence-corrected chi connectivity index (χ1v) is 19.4. The summed E-state index contributed by atoms with van der Waals surface area (Å²) >= 11 is 0. The molecule has 8 aromatic carbocycles. The van der Waals surface area contributed by atoms with Gasteiger partial charge in [0, 0.05) is 55.8 Å². The number of rotatable bonds is 7. The summed E-state index contributed by atoms with van der Waals surface area (Å²) in [6.45, 7) is 2.13. The molecule has 1 aliphatic heterocycles. The second-order valence-electron chi connectivity index (χ2n) is 15.0. The van der Waals surface area contributed by atoms with E-state index in [0.717, 1.165) is 40.9 Å². The summed E-state index contributed by atoms with van der Waals surface area (Å²) in [6.07, 6.45) is 0. The molecule has 10 aromatic rings. The van der Waals surface area contributed by atoms with E-state index >= 15 is 0 Å². The zero-order chi connectivity index (χ0) is 37.2. The Balaban J connectivity index is 1.24. The number of aromatic nitrogens is 1. The Bertz CT molecular complexity index is 3030. The first kappa shape index (κ1) is 32.4. The van der Waals surface area contributed by atoms with E-state index < -0.39 is 0 Å². The fraction of sp³-hybridized carbons (Fsp3) is 0.0385. The van der Waals surface area contributed by atoms with Gasteiger partial charge in [-0.25, -0.2) is 0 Å². The molecule has 3 heterocycles. The predicted octanol–water partition coefficient (Wildman–Crippen LogP) is 11.8. The van der Waals surface area contributed by atoms with E-state index in [2.05, 4.69) is 199 Å². The smallest absolute Gasteiger partial charge is 0.198 e. The highest BCUT2D eigenvalue weighted by atomic mass is 16.3. The zero-order valence-electron chi connectivity index (χ0n) is 31.0. The van der Waals surface area contributed by atoms with E-state index in [-0.39, 0.29) is 5.92 Å². The van der Waals surface area contributed by atoms with Crippen LogP contribution in [0.15, 0.2) is 192 Å². The van der Waals surface area contributed by atoms with Crippen molar-refractivity contribution in [3.8, 4) is 28.1 Å². The quantitative estimate of drug-likeness (QED) is 0.131. The summed E-state index contributed by atoms with van der Waals surface area (Å²) in [7, 11) is 0.773. The minimum absolute atomic E-state index is 0.00728. The third kappa shape index (κ3) is 5.29. The SMILES string of the molecule is Cc1ccc(Nc2ccccc2-c2cc(C(c3ccccc3)c3ccccc3)c3c4ccccc4n4c3c2Bc2cc3oc(-c5ccccc5)cc3cc2-4)cc1. The number of nitrogens with one attached hydrogen (secondary N) is 1. The molecule has 1 N–H and O–H groups in total. The fourth-order valence-electron chi connectivity index (χ4n) is 9.02. The summed E-state index contributed by atoms with van der Waals surface area (Å²) in [4.78, 5) is 0. The van der Waals surface area contributed by atoms with Crippen LogP contribution in [0, 0.1) is 6.92 Å². The third-order valence-corrected chi connectivity index (χ3v) is 11.6. The molecule has 2 aromatic heterocycles. The highest BCUT2D eigenvalue weighted by Gasteiger charge is 2.32. The Morgan fingerprint density at radius 3 is 2.02 bits per heavy atom. The Morgan fingerprint density at radius 2 is 1.27 bits per heavy atom.